The summed E-state index contributed by atoms with van der Waals surface area (Å²) < 4.78 is 14.3. The van der Waals surface area contributed by atoms with E-state index in [-0.39, 0.29) is 11.9 Å². The molecule has 0 aromatic heterocycles. The molecule has 1 N–H and O–H groups in total. The van der Waals surface area contributed by atoms with Crippen LogP contribution in [0.4, 0.5) is 4.39 Å². The van der Waals surface area contributed by atoms with Gasteiger partial charge in [-0.2, -0.15) is 0 Å². The van der Waals surface area contributed by atoms with Crippen LogP contribution >= 0.6 is 15.9 Å². The van der Waals surface area contributed by atoms with E-state index in [2.05, 4.69) is 21.2 Å². The van der Waals surface area contributed by atoms with E-state index in [1.807, 2.05) is 6.07 Å². The number of halogens is 2. The van der Waals surface area contributed by atoms with Crippen molar-refractivity contribution in [2.75, 3.05) is 6.54 Å². The molecule has 2 rings (SSSR count). The lowest BCUT2D eigenvalue weighted by Gasteiger charge is -2.13. The topological polar surface area (TPSA) is 12.0 Å². The van der Waals surface area contributed by atoms with Crippen LogP contribution in [0, 0.1) is 5.82 Å². The normalized spacial score (nSPS) is 22.2. The van der Waals surface area contributed by atoms with Crippen molar-refractivity contribution in [1.29, 1.82) is 0 Å². The zero-order chi connectivity index (χ0) is 9.26. The Bertz CT molecular complexity index is 288. The minimum atomic E-state index is -0.117. The molecular formula is C10H11BrFN. The second-order valence-corrected chi connectivity index (χ2v) is 4.14. The molecule has 1 atom stereocenters. The Labute approximate surface area is 85.5 Å². The van der Waals surface area contributed by atoms with E-state index in [0.717, 1.165) is 29.4 Å². The first-order valence-corrected chi connectivity index (χ1v) is 5.25. The minimum Gasteiger partial charge on any atom is -0.310 e. The molecule has 0 unspecified atom stereocenters. The Kier molecular flexibility index (Phi) is 2.65. The highest BCUT2D eigenvalue weighted by molar-refractivity contribution is 9.10. The number of nitrogens with one attached hydrogen (secondary N) is 1. The number of hydrogen-bond acceptors (Lipinski definition) is 1. The van der Waals surface area contributed by atoms with E-state index >= 15 is 0 Å². The Morgan fingerprint density at radius 3 is 2.92 bits per heavy atom. The first-order valence-electron chi connectivity index (χ1n) is 4.46. The van der Waals surface area contributed by atoms with Gasteiger partial charge in [-0.25, -0.2) is 4.39 Å². The molecule has 13 heavy (non-hydrogen) atoms. The molecule has 0 spiro atoms. The first kappa shape index (κ1) is 9.16. The minimum absolute atomic E-state index is 0.117. The number of benzene rings is 1. The summed E-state index contributed by atoms with van der Waals surface area (Å²) in [7, 11) is 0. The van der Waals surface area contributed by atoms with Gasteiger partial charge in [0.1, 0.15) is 5.82 Å². The quantitative estimate of drug-likeness (QED) is 0.800. The van der Waals surface area contributed by atoms with E-state index in [9.17, 15) is 4.39 Å². The standard InChI is InChI=1S/C10H11BrFN/c11-7-3-1-4-8(12)10(7)9-5-2-6-13-9/h1,3-4,9,13H,2,5-6H2/t9-/m0/s1. The highest BCUT2D eigenvalue weighted by atomic mass is 79.9. The maximum absolute atomic E-state index is 13.4. The van der Waals surface area contributed by atoms with E-state index in [1.165, 1.54) is 6.07 Å². The second-order valence-electron chi connectivity index (χ2n) is 3.28. The van der Waals surface area contributed by atoms with Crippen LogP contribution in [-0.4, -0.2) is 6.54 Å². The average Bonchev–Trinajstić information content (AvgIpc) is 2.57. The number of hydrogen-bond donors (Lipinski definition) is 1. The maximum atomic E-state index is 13.4. The van der Waals surface area contributed by atoms with Crippen molar-refractivity contribution >= 4 is 15.9 Å². The fourth-order valence-electron chi connectivity index (χ4n) is 1.77. The van der Waals surface area contributed by atoms with Crippen LogP contribution in [0.1, 0.15) is 24.4 Å². The molecule has 1 aromatic rings. The van der Waals surface area contributed by atoms with Crippen LogP contribution in [0.15, 0.2) is 22.7 Å². The van der Waals surface area contributed by atoms with Crippen LogP contribution in [0.2, 0.25) is 0 Å². The third-order valence-corrected chi connectivity index (χ3v) is 3.10. The zero-order valence-corrected chi connectivity index (χ0v) is 8.77. The highest BCUT2D eigenvalue weighted by Gasteiger charge is 2.21. The van der Waals surface area contributed by atoms with Crippen molar-refractivity contribution < 1.29 is 4.39 Å². The second kappa shape index (κ2) is 3.76. The molecule has 1 aliphatic rings. The molecule has 1 aliphatic heterocycles. The average molecular weight is 244 g/mol. The van der Waals surface area contributed by atoms with Crippen molar-refractivity contribution in [2.45, 2.75) is 18.9 Å². The summed E-state index contributed by atoms with van der Waals surface area (Å²) in [6, 6.07) is 5.31. The van der Waals surface area contributed by atoms with E-state index < -0.39 is 0 Å². The third-order valence-electron chi connectivity index (χ3n) is 2.41. The lowest BCUT2D eigenvalue weighted by Crippen LogP contribution is -2.14. The summed E-state index contributed by atoms with van der Waals surface area (Å²) in [5.74, 6) is -0.117. The third kappa shape index (κ3) is 1.76. The van der Waals surface area contributed by atoms with Crippen LogP contribution in [-0.2, 0) is 0 Å². The Hall–Kier alpha value is -0.410. The molecular weight excluding hydrogens is 233 g/mol. The van der Waals surface area contributed by atoms with E-state index in [4.69, 9.17) is 0 Å². The molecule has 0 radical (unpaired) electrons. The van der Waals surface area contributed by atoms with Gasteiger partial charge in [0.15, 0.2) is 0 Å². The predicted octanol–water partition coefficient (Wildman–Crippen LogP) is 3.01. The summed E-state index contributed by atoms with van der Waals surface area (Å²) in [5.41, 5.74) is 0.778. The van der Waals surface area contributed by atoms with Gasteiger partial charge >= 0.3 is 0 Å². The molecule has 70 valence electrons. The smallest absolute Gasteiger partial charge is 0.129 e. The van der Waals surface area contributed by atoms with Gasteiger partial charge in [-0.1, -0.05) is 22.0 Å². The Morgan fingerprint density at radius 1 is 1.46 bits per heavy atom. The molecule has 0 aliphatic carbocycles. The Morgan fingerprint density at radius 2 is 2.31 bits per heavy atom. The van der Waals surface area contributed by atoms with Gasteiger partial charge in [0.05, 0.1) is 0 Å². The molecule has 1 saturated heterocycles. The molecule has 0 amide bonds. The van der Waals surface area contributed by atoms with Gasteiger partial charge in [-0.05, 0) is 31.5 Å². The molecule has 0 bridgehead atoms. The van der Waals surface area contributed by atoms with Gasteiger partial charge in [-0.3, -0.25) is 0 Å². The molecule has 1 fully saturated rings. The van der Waals surface area contributed by atoms with Crippen molar-refractivity contribution in [1.82, 2.24) is 5.32 Å². The van der Waals surface area contributed by atoms with E-state index in [0.29, 0.717) is 0 Å². The maximum Gasteiger partial charge on any atom is 0.129 e. The summed E-state index contributed by atoms with van der Waals surface area (Å²) in [5, 5.41) is 3.28. The monoisotopic (exact) mass is 243 g/mol. The van der Waals surface area contributed by atoms with Gasteiger partial charge in [0.2, 0.25) is 0 Å². The summed E-state index contributed by atoms with van der Waals surface area (Å²) in [6.45, 7) is 0.992. The van der Waals surface area contributed by atoms with Crippen molar-refractivity contribution in [3.63, 3.8) is 0 Å². The first-order chi connectivity index (χ1) is 6.29. The van der Waals surface area contributed by atoms with Crippen molar-refractivity contribution in [2.24, 2.45) is 0 Å². The summed E-state index contributed by atoms with van der Waals surface area (Å²) in [6.07, 6.45) is 2.16. The van der Waals surface area contributed by atoms with Gasteiger partial charge < -0.3 is 5.32 Å². The largest absolute Gasteiger partial charge is 0.310 e. The SMILES string of the molecule is Fc1cccc(Br)c1[C@@H]1CCCN1. The molecule has 0 saturated carbocycles. The molecule has 1 aromatic carbocycles. The van der Waals surface area contributed by atoms with Crippen molar-refractivity contribution in [3.05, 3.63) is 34.1 Å². The van der Waals surface area contributed by atoms with Crippen LogP contribution in [0.3, 0.4) is 0 Å². The Balaban J connectivity index is 2.37. The van der Waals surface area contributed by atoms with Crippen LogP contribution in [0.25, 0.3) is 0 Å². The fraction of sp³-hybridized carbons (Fsp3) is 0.400. The van der Waals surface area contributed by atoms with E-state index in [1.54, 1.807) is 6.07 Å². The number of rotatable bonds is 1. The molecule has 3 heteroatoms. The van der Waals surface area contributed by atoms with Crippen molar-refractivity contribution in [3.8, 4) is 0 Å². The molecule has 1 nitrogen and oxygen atoms in total. The molecule has 1 heterocycles. The lowest BCUT2D eigenvalue weighted by molar-refractivity contribution is 0.556. The van der Waals surface area contributed by atoms with Crippen LogP contribution < -0.4 is 5.32 Å². The zero-order valence-electron chi connectivity index (χ0n) is 7.19. The highest BCUT2D eigenvalue weighted by Crippen LogP contribution is 2.31. The van der Waals surface area contributed by atoms with Gasteiger partial charge in [-0.15, -0.1) is 0 Å². The van der Waals surface area contributed by atoms with Gasteiger partial charge in [0.25, 0.3) is 0 Å². The van der Waals surface area contributed by atoms with Crippen LogP contribution in [0.5, 0.6) is 0 Å². The van der Waals surface area contributed by atoms with Gasteiger partial charge in [0, 0.05) is 16.1 Å². The summed E-state index contributed by atoms with van der Waals surface area (Å²) in [4.78, 5) is 0. The fourth-order valence-corrected chi connectivity index (χ4v) is 2.39. The lowest BCUT2D eigenvalue weighted by atomic mass is 10.1. The predicted molar refractivity (Wildman–Crippen MR) is 54.1 cm³/mol. The summed E-state index contributed by atoms with van der Waals surface area (Å²) >= 11 is 3.38.